The van der Waals surface area contributed by atoms with Crippen LogP contribution in [0.2, 0.25) is 0 Å². The number of furan rings is 1. The Morgan fingerprint density at radius 2 is 2.00 bits per heavy atom. The van der Waals surface area contributed by atoms with E-state index in [1.807, 2.05) is 6.07 Å². The first kappa shape index (κ1) is 17.0. The molecule has 3 aromatic rings. The zero-order chi connectivity index (χ0) is 18.8. The van der Waals surface area contributed by atoms with Crippen LogP contribution in [0, 0.1) is 24.1 Å². The van der Waals surface area contributed by atoms with Crippen molar-refractivity contribution in [2.45, 2.75) is 6.92 Å². The number of halogens is 1. The summed E-state index contributed by atoms with van der Waals surface area (Å²) in [6.45, 7) is 1.56. The van der Waals surface area contributed by atoms with Crippen molar-refractivity contribution in [2.24, 2.45) is 5.73 Å². The van der Waals surface area contributed by atoms with E-state index in [1.54, 1.807) is 36.0 Å². The van der Waals surface area contributed by atoms with Gasteiger partial charge in [0.25, 0.3) is 11.8 Å². The number of aromatic nitrogens is 1. The summed E-state index contributed by atoms with van der Waals surface area (Å²) in [6.07, 6.45) is 3.36. The van der Waals surface area contributed by atoms with Gasteiger partial charge in [0.1, 0.15) is 28.8 Å². The van der Waals surface area contributed by atoms with Gasteiger partial charge in [0.05, 0.1) is 5.56 Å². The van der Waals surface area contributed by atoms with Crippen LogP contribution in [0.3, 0.4) is 0 Å². The van der Waals surface area contributed by atoms with Crippen molar-refractivity contribution in [2.75, 3.05) is 5.32 Å². The lowest BCUT2D eigenvalue weighted by Gasteiger charge is -2.07. The van der Waals surface area contributed by atoms with Crippen LogP contribution in [0.25, 0.3) is 5.88 Å². The molecule has 7 nitrogen and oxygen atoms in total. The molecule has 0 aliphatic heterocycles. The molecule has 2 heterocycles. The molecule has 0 spiro atoms. The van der Waals surface area contributed by atoms with Gasteiger partial charge in [-0.25, -0.2) is 4.39 Å². The summed E-state index contributed by atoms with van der Waals surface area (Å²) >= 11 is 0. The van der Waals surface area contributed by atoms with Crippen LogP contribution in [-0.4, -0.2) is 16.4 Å². The van der Waals surface area contributed by atoms with Crippen molar-refractivity contribution in [3.8, 4) is 12.0 Å². The molecule has 0 aliphatic carbocycles. The molecule has 130 valence electrons. The van der Waals surface area contributed by atoms with Crippen molar-refractivity contribution in [3.63, 3.8) is 0 Å². The summed E-state index contributed by atoms with van der Waals surface area (Å²) < 4.78 is 20.7. The molecule has 0 atom stereocenters. The lowest BCUT2D eigenvalue weighted by Crippen LogP contribution is -2.16. The Hall–Kier alpha value is -3.86. The fourth-order valence-electron chi connectivity index (χ4n) is 2.54. The van der Waals surface area contributed by atoms with Gasteiger partial charge < -0.3 is 15.5 Å². The number of nitrogens with zero attached hydrogens (tertiary/aromatic N) is 2. The van der Waals surface area contributed by atoms with Gasteiger partial charge in [-0.15, -0.1) is 0 Å². The molecule has 0 radical (unpaired) electrons. The first-order valence-corrected chi connectivity index (χ1v) is 7.50. The lowest BCUT2D eigenvalue weighted by atomic mass is 10.1. The van der Waals surface area contributed by atoms with E-state index in [0.29, 0.717) is 0 Å². The highest BCUT2D eigenvalue weighted by Gasteiger charge is 2.25. The van der Waals surface area contributed by atoms with Crippen LogP contribution in [-0.2, 0) is 0 Å². The molecule has 26 heavy (non-hydrogen) atoms. The number of nitrogens with two attached hydrogens (primary N) is 1. The Bertz CT molecular complexity index is 1050. The second-order valence-electron chi connectivity index (χ2n) is 5.43. The SMILES string of the molecule is Cc1oc(-n2cccc2)c(C#N)c1C(=O)Nc1ccc(F)c(C(N)=O)c1. The van der Waals surface area contributed by atoms with Gasteiger partial charge >= 0.3 is 0 Å². The number of amides is 2. The number of carbonyl (C=O) groups is 2. The van der Waals surface area contributed by atoms with Crippen LogP contribution >= 0.6 is 0 Å². The molecule has 2 amide bonds. The molecular formula is C18H13FN4O3. The zero-order valence-electron chi connectivity index (χ0n) is 13.6. The minimum Gasteiger partial charge on any atom is -0.443 e. The van der Waals surface area contributed by atoms with Crippen molar-refractivity contribution in [1.29, 1.82) is 5.26 Å². The summed E-state index contributed by atoms with van der Waals surface area (Å²) in [6, 6.07) is 8.91. The molecule has 3 rings (SSSR count). The Balaban J connectivity index is 1.98. The highest BCUT2D eigenvalue weighted by atomic mass is 19.1. The lowest BCUT2D eigenvalue weighted by molar-refractivity contribution is 0.0992. The van der Waals surface area contributed by atoms with Crippen LogP contribution < -0.4 is 11.1 Å². The monoisotopic (exact) mass is 352 g/mol. The van der Waals surface area contributed by atoms with Crippen molar-refractivity contribution >= 4 is 17.5 Å². The summed E-state index contributed by atoms with van der Waals surface area (Å²) in [4.78, 5) is 23.8. The highest BCUT2D eigenvalue weighted by molar-refractivity contribution is 6.07. The second kappa shape index (κ2) is 6.57. The summed E-state index contributed by atoms with van der Waals surface area (Å²) in [5.74, 6) is -1.89. The van der Waals surface area contributed by atoms with E-state index in [1.165, 1.54) is 6.07 Å². The summed E-state index contributed by atoms with van der Waals surface area (Å²) in [7, 11) is 0. The predicted molar refractivity (Wildman–Crippen MR) is 90.4 cm³/mol. The van der Waals surface area contributed by atoms with Crippen LogP contribution in [0.1, 0.15) is 32.0 Å². The summed E-state index contributed by atoms with van der Waals surface area (Å²) in [5, 5.41) is 12.0. The molecule has 8 heteroatoms. The first-order chi connectivity index (χ1) is 12.4. The van der Waals surface area contributed by atoms with Crippen molar-refractivity contribution in [3.05, 3.63) is 71.0 Å². The molecule has 1 aromatic carbocycles. The van der Waals surface area contributed by atoms with E-state index in [4.69, 9.17) is 10.2 Å². The van der Waals surface area contributed by atoms with E-state index >= 15 is 0 Å². The van der Waals surface area contributed by atoms with E-state index < -0.39 is 17.6 Å². The van der Waals surface area contributed by atoms with Gasteiger partial charge in [-0.1, -0.05) is 0 Å². The Morgan fingerprint density at radius 3 is 2.62 bits per heavy atom. The number of rotatable bonds is 4. The second-order valence-corrected chi connectivity index (χ2v) is 5.43. The van der Waals surface area contributed by atoms with Crippen molar-refractivity contribution < 1.29 is 18.4 Å². The Labute approximate surface area is 147 Å². The average molecular weight is 352 g/mol. The number of anilines is 1. The topological polar surface area (TPSA) is 114 Å². The largest absolute Gasteiger partial charge is 0.443 e. The highest BCUT2D eigenvalue weighted by Crippen LogP contribution is 2.26. The molecule has 0 fully saturated rings. The predicted octanol–water partition coefficient (Wildman–Crippen LogP) is 2.74. The van der Waals surface area contributed by atoms with Crippen molar-refractivity contribution in [1.82, 2.24) is 4.57 Å². The number of hydrogen-bond acceptors (Lipinski definition) is 4. The normalized spacial score (nSPS) is 10.3. The number of nitrogens with one attached hydrogen (secondary N) is 1. The van der Waals surface area contributed by atoms with E-state index in [0.717, 1.165) is 12.1 Å². The molecule has 3 N–H and O–H groups in total. The van der Waals surface area contributed by atoms with Crippen LogP contribution in [0.4, 0.5) is 10.1 Å². The molecule has 0 saturated heterocycles. The van der Waals surface area contributed by atoms with Gasteiger partial charge in [-0.3, -0.25) is 14.2 Å². The standard InChI is InChI=1S/C18H13FN4O3/c1-10-15(13(9-20)18(26-10)23-6-2-3-7-23)17(25)22-11-4-5-14(19)12(8-11)16(21)24/h2-8H,1H3,(H2,21,24)(H,22,25). The fourth-order valence-corrected chi connectivity index (χ4v) is 2.54. The van der Waals surface area contributed by atoms with Gasteiger partial charge in [0.2, 0.25) is 5.88 Å². The molecule has 0 unspecified atom stereocenters. The maximum atomic E-state index is 13.5. The molecule has 0 aliphatic rings. The third-order valence-corrected chi connectivity index (χ3v) is 3.73. The smallest absolute Gasteiger partial charge is 0.260 e. The zero-order valence-corrected chi connectivity index (χ0v) is 13.6. The third-order valence-electron chi connectivity index (χ3n) is 3.73. The number of nitriles is 1. The quantitative estimate of drug-likeness (QED) is 0.751. The Morgan fingerprint density at radius 1 is 1.31 bits per heavy atom. The van der Waals surface area contributed by atoms with Gasteiger partial charge in [0, 0.05) is 18.1 Å². The number of primary amides is 1. The van der Waals surface area contributed by atoms with Gasteiger partial charge in [-0.05, 0) is 37.3 Å². The number of aryl methyl sites for hydroxylation is 1. The van der Waals surface area contributed by atoms with E-state index in [2.05, 4.69) is 5.32 Å². The molecule has 0 saturated carbocycles. The van der Waals surface area contributed by atoms with Gasteiger partial charge in [-0.2, -0.15) is 5.26 Å². The fraction of sp³-hybridized carbons (Fsp3) is 0.0556. The molecule has 0 bridgehead atoms. The molecule has 2 aromatic heterocycles. The number of benzene rings is 1. The first-order valence-electron chi connectivity index (χ1n) is 7.50. The Kier molecular flexibility index (Phi) is 4.29. The molecular weight excluding hydrogens is 339 g/mol. The minimum absolute atomic E-state index is 0.0566. The van der Waals surface area contributed by atoms with E-state index in [-0.39, 0.29) is 34.0 Å². The maximum Gasteiger partial charge on any atom is 0.260 e. The van der Waals surface area contributed by atoms with Crippen LogP contribution in [0.5, 0.6) is 0 Å². The van der Waals surface area contributed by atoms with E-state index in [9.17, 15) is 19.2 Å². The average Bonchev–Trinajstić information content (AvgIpc) is 3.23. The maximum absolute atomic E-state index is 13.5. The van der Waals surface area contributed by atoms with Gasteiger partial charge in [0.15, 0.2) is 0 Å². The minimum atomic E-state index is -0.953. The third kappa shape index (κ3) is 2.93. The number of carbonyl (C=O) groups excluding carboxylic acids is 2. The summed E-state index contributed by atoms with van der Waals surface area (Å²) in [5.41, 5.74) is 5.04. The number of hydrogen-bond donors (Lipinski definition) is 2. The van der Waals surface area contributed by atoms with Crippen LogP contribution in [0.15, 0.2) is 47.1 Å².